The number of carbonyl (C=O) groups is 11. The summed E-state index contributed by atoms with van der Waals surface area (Å²) in [6.45, 7) is 8.97. The summed E-state index contributed by atoms with van der Waals surface area (Å²) in [7, 11) is 8.08. The lowest BCUT2D eigenvalue weighted by Crippen LogP contribution is -2.34. The highest BCUT2D eigenvalue weighted by Gasteiger charge is 2.32. The molecule has 0 bridgehead atoms. The van der Waals surface area contributed by atoms with Gasteiger partial charge in [-0.15, -0.1) is 5.06 Å². The number of ether oxygens (including phenoxy) is 3. The number of thiol groups is 1. The number of rotatable bonds is 37. The van der Waals surface area contributed by atoms with Gasteiger partial charge in [-0.05, 0) is 62.0 Å². The number of alkyl halides is 2. The van der Waals surface area contributed by atoms with Crippen LogP contribution in [0.3, 0.4) is 0 Å². The first-order valence-corrected chi connectivity index (χ1v) is 30.7. The summed E-state index contributed by atoms with van der Waals surface area (Å²) in [5.41, 5.74) is 0. The van der Waals surface area contributed by atoms with E-state index in [0.717, 1.165) is 62.3 Å². The van der Waals surface area contributed by atoms with Crippen LogP contribution < -0.4 is 42.5 Å². The van der Waals surface area contributed by atoms with Crippen molar-refractivity contribution in [3.05, 3.63) is 0 Å². The minimum absolute atomic E-state index is 0.0340. The second kappa shape index (κ2) is 64.8. The van der Waals surface area contributed by atoms with E-state index in [2.05, 4.69) is 98.1 Å². The van der Waals surface area contributed by atoms with Crippen LogP contribution in [0.2, 0.25) is 0 Å². The molecule has 0 aromatic carbocycles. The molecule has 10 amide bonds. The quantitative estimate of drug-likeness (QED) is 0.0186. The van der Waals surface area contributed by atoms with E-state index in [1.165, 1.54) is 11.8 Å². The molecule has 0 radical (unpaired) electrons. The van der Waals surface area contributed by atoms with Gasteiger partial charge in [-0.3, -0.25) is 47.9 Å². The van der Waals surface area contributed by atoms with E-state index in [1.54, 1.807) is 47.2 Å². The van der Waals surface area contributed by atoms with Crippen LogP contribution in [-0.2, 0) is 71.8 Å². The standard InChI is InChI=1S/C14H27N3O4S.C9H11BrN2O5.C9H19NO2S.C8H17NO2S.C6H11BrN2O2.C2H6/c1-15-12(18)6-8-17-14(20)11-22-10-3-5-13(19)16-7-4-9-21-2;10-5-6(13)11-4-3-9(16)17-12-7(14)1-2-8(12)15;1-12-7-4-6-10-9(11)5-3-8-13-2;1-11-6-3-5-9-8(10)4-2-7-12;1-8-5(10)2-3-9-6(11)4-7;1-2/h3-11H2,1-2H3,(H,15,18)(H,16,19)(H,17,20);1-5H2,(H,11,13);3-8H2,1-2H3,(H,10,11);12H,2-7H2,1H3,(H,9,10);2-4H2,1H3,(H,8,10)(H,9,11);1-2H3. The average Bonchev–Trinajstić information content (AvgIpc) is 3.74. The lowest BCUT2D eigenvalue weighted by molar-refractivity contribution is -0.197. The maximum Gasteiger partial charge on any atom is 0.334 e. The molecule has 8 N–H and O–H groups in total. The molecule has 1 heterocycles. The third-order valence-corrected chi connectivity index (χ3v) is 11.9. The summed E-state index contributed by atoms with van der Waals surface area (Å²) in [4.78, 5) is 126. The SMILES string of the molecule is CC.CNC(=O)CCNC(=O)CBr.CNC(=O)CCNC(=O)CSCCCC(=O)NCCCOC.COCCCNC(=O)CCCS.COCCCNC(=O)CCCSC.O=C(CBr)NCCC(=O)ON1C(=O)CCC1=O. The smallest absolute Gasteiger partial charge is 0.334 e. The van der Waals surface area contributed by atoms with Gasteiger partial charge in [0, 0.05) is 139 Å². The van der Waals surface area contributed by atoms with Gasteiger partial charge in [0.2, 0.25) is 47.3 Å². The van der Waals surface area contributed by atoms with Crippen LogP contribution in [0, 0.1) is 0 Å². The molecule has 0 aliphatic carbocycles. The highest BCUT2D eigenvalue weighted by atomic mass is 79.9. The fraction of sp³-hybridized carbons (Fsp3) is 0.771. The molecule has 0 unspecified atom stereocenters. The Morgan fingerprint density at radius 3 is 1.23 bits per heavy atom. The fourth-order valence-electron chi connectivity index (χ4n) is 4.85. The zero-order valence-electron chi connectivity index (χ0n) is 46.6. The van der Waals surface area contributed by atoms with E-state index in [1.807, 2.05) is 13.8 Å². The maximum absolute atomic E-state index is 11.5. The highest BCUT2D eigenvalue weighted by Crippen LogP contribution is 2.12. The summed E-state index contributed by atoms with van der Waals surface area (Å²) in [5.74, 6) is 0.859. The molecule has 0 aromatic rings. The lowest BCUT2D eigenvalue weighted by atomic mass is 10.3. The molecule has 0 atom stereocenters. The molecule has 1 aliphatic heterocycles. The first kappa shape index (κ1) is 82.1. The van der Waals surface area contributed by atoms with E-state index < -0.39 is 17.8 Å². The van der Waals surface area contributed by atoms with E-state index in [4.69, 9.17) is 14.2 Å². The summed E-state index contributed by atoms with van der Waals surface area (Å²) >= 11 is 13.2. The zero-order chi connectivity index (χ0) is 59.3. The number of hydrogen-bond acceptors (Lipinski definition) is 18. The monoisotopic (exact) mass is 1290 g/mol. The zero-order valence-corrected chi connectivity index (χ0v) is 52.3. The van der Waals surface area contributed by atoms with Crippen LogP contribution in [0.4, 0.5) is 0 Å². The Morgan fingerprint density at radius 1 is 0.506 bits per heavy atom. The first-order valence-electron chi connectivity index (χ1n) is 25.3. The molecule has 1 saturated heterocycles. The molecule has 29 heteroatoms. The number of halogens is 2. The van der Waals surface area contributed by atoms with E-state index in [9.17, 15) is 52.7 Å². The Kier molecular flexibility index (Phi) is 69.1. The Balaban J connectivity index is -0.000000285. The molecule has 0 saturated carbocycles. The van der Waals surface area contributed by atoms with Crippen LogP contribution >= 0.6 is 68.0 Å². The van der Waals surface area contributed by atoms with Crippen LogP contribution in [0.15, 0.2) is 0 Å². The Labute approximate surface area is 487 Å². The first-order chi connectivity index (χ1) is 37.0. The largest absolute Gasteiger partial charge is 0.385 e. The number of nitrogens with one attached hydrogen (secondary N) is 8. The van der Waals surface area contributed by atoms with Gasteiger partial charge in [-0.1, -0.05) is 45.7 Å². The molecular weight excluding hydrogens is 1200 g/mol. The molecule has 24 nitrogen and oxygen atoms in total. The number of imide groups is 1. The number of thioether (sulfide) groups is 2. The van der Waals surface area contributed by atoms with Gasteiger partial charge in [0.25, 0.3) is 11.8 Å². The van der Waals surface area contributed by atoms with Crippen molar-refractivity contribution in [2.75, 3.05) is 134 Å². The second-order valence-electron chi connectivity index (χ2n) is 15.1. The molecular formula is C48H91Br2N9O15S3. The van der Waals surface area contributed by atoms with Crippen LogP contribution in [0.25, 0.3) is 0 Å². The van der Waals surface area contributed by atoms with Crippen LogP contribution in [-0.4, -0.2) is 205 Å². The third-order valence-electron chi connectivity index (χ3n) is 8.78. The Morgan fingerprint density at radius 2 is 0.870 bits per heavy atom. The second-order valence-corrected chi connectivity index (χ2v) is 18.8. The van der Waals surface area contributed by atoms with Crippen molar-refractivity contribution in [1.29, 1.82) is 0 Å². The Hall–Kier alpha value is -3.74. The van der Waals surface area contributed by atoms with Gasteiger partial charge in [-0.25, -0.2) is 4.79 Å². The summed E-state index contributed by atoms with van der Waals surface area (Å²) in [6, 6.07) is 0. The fourth-order valence-corrected chi connectivity index (χ4v) is 6.62. The molecule has 450 valence electrons. The number of hydrogen-bond donors (Lipinski definition) is 9. The van der Waals surface area contributed by atoms with Gasteiger partial charge in [0.1, 0.15) is 0 Å². The predicted octanol–water partition coefficient (Wildman–Crippen LogP) is 2.19. The summed E-state index contributed by atoms with van der Waals surface area (Å²) in [6.07, 6.45) is 9.53. The third kappa shape index (κ3) is 64.7. The predicted molar refractivity (Wildman–Crippen MR) is 313 cm³/mol. The number of nitrogens with zero attached hydrogens (tertiary/aromatic N) is 1. The van der Waals surface area contributed by atoms with Crippen molar-refractivity contribution in [1.82, 2.24) is 47.6 Å². The van der Waals surface area contributed by atoms with Crippen molar-refractivity contribution in [2.24, 2.45) is 0 Å². The molecule has 1 fully saturated rings. The molecule has 0 spiro atoms. The van der Waals surface area contributed by atoms with Gasteiger partial charge in [-0.2, -0.15) is 36.2 Å². The van der Waals surface area contributed by atoms with Crippen LogP contribution in [0.5, 0.6) is 0 Å². The number of hydroxylamine groups is 2. The van der Waals surface area contributed by atoms with Gasteiger partial charge >= 0.3 is 5.97 Å². The van der Waals surface area contributed by atoms with Gasteiger partial charge in [0.05, 0.1) is 22.8 Å². The van der Waals surface area contributed by atoms with E-state index in [-0.39, 0.29) is 90.1 Å². The molecule has 77 heavy (non-hydrogen) atoms. The van der Waals surface area contributed by atoms with Crippen molar-refractivity contribution in [3.8, 4) is 0 Å². The summed E-state index contributed by atoms with van der Waals surface area (Å²) < 4.78 is 14.6. The van der Waals surface area contributed by atoms with Gasteiger partial charge in [0.15, 0.2) is 0 Å². The summed E-state index contributed by atoms with van der Waals surface area (Å²) in [5, 5.41) is 22.0. The maximum atomic E-state index is 11.5. The molecule has 1 rings (SSSR count). The van der Waals surface area contributed by atoms with Crippen molar-refractivity contribution in [2.45, 2.75) is 104 Å². The number of carbonyl (C=O) groups excluding carboxylic acids is 11. The molecule has 0 aromatic heterocycles. The van der Waals surface area contributed by atoms with Gasteiger partial charge < -0.3 is 61.6 Å². The minimum Gasteiger partial charge on any atom is -0.385 e. The van der Waals surface area contributed by atoms with Crippen molar-refractivity contribution >= 4 is 133 Å². The van der Waals surface area contributed by atoms with Crippen molar-refractivity contribution < 1.29 is 71.8 Å². The lowest BCUT2D eigenvalue weighted by Gasteiger charge is -2.12. The van der Waals surface area contributed by atoms with Crippen molar-refractivity contribution in [3.63, 3.8) is 0 Å². The molecule has 1 aliphatic rings. The topological polar surface area (TPSA) is 324 Å². The highest BCUT2D eigenvalue weighted by molar-refractivity contribution is 9.09. The number of amides is 10. The normalized spacial score (nSPS) is 10.8. The van der Waals surface area contributed by atoms with E-state index >= 15 is 0 Å². The number of methoxy groups -OCH3 is 3. The average molecular weight is 1290 g/mol. The Bertz CT molecular complexity index is 1570. The van der Waals surface area contributed by atoms with E-state index in [0.29, 0.717) is 82.5 Å². The minimum atomic E-state index is -0.733. The van der Waals surface area contributed by atoms with Crippen LogP contribution in [0.1, 0.15) is 104 Å².